The number of furan rings is 1. The summed E-state index contributed by atoms with van der Waals surface area (Å²) in [5.41, 5.74) is 0.811. The molecule has 0 radical (unpaired) electrons. The number of benzene rings is 1. The summed E-state index contributed by atoms with van der Waals surface area (Å²) in [6, 6.07) is 8.52. The molecule has 1 aromatic heterocycles. The molecule has 0 aliphatic heterocycles. The van der Waals surface area contributed by atoms with E-state index in [2.05, 4.69) is 25.2 Å². The monoisotopic (exact) mass is 265 g/mol. The van der Waals surface area contributed by atoms with E-state index in [4.69, 9.17) is 16.0 Å². The number of rotatable bonds is 6. The van der Waals surface area contributed by atoms with Crippen LogP contribution in [0.5, 0.6) is 0 Å². The van der Waals surface area contributed by atoms with Crippen LogP contribution in [-0.2, 0) is 6.42 Å². The summed E-state index contributed by atoms with van der Waals surface area (Å²) in [4.78, 5) is 0. The number of hydrogen-bond acceptors (Lipinski definition) is 2. The largest absolute Gasteiger partial charge is 0.460 e. The van der Waals surface area contributed by atoms with Gasteiger partial charge in [-0.1, -0.05) is 37.6 Å². The summed E-state index contributed by atoms with van der Waals surface area (Å²) >= 11 is 6.10. The van der Waals surface area contributed by atoms with Gasteiger partial charge in [0.25, 0.3) is 0 Å². The minimum absolute atomic E-state index is 0.568. The van der Waals surface area contributed by atoms with Crippen molar-refractivity contribution < 1.29 is 4.42 Å². The SMILES string of the molecule is CCNC(CC)CCc1cc2cccc(Cl)c2o1. The second-order valence-electron chi connectivity index (χ2n) is 4.57. The van der Waals surface area contributed by atoms with Crippen LogP contribution in [0, 0.1) is 0 Å². The first-order valence-electron chi connectivity index (χ1n) is 6.65. The molecule has 1 atom stereocenters. The predicted molar refractivity (Wildman–Crippen MR) is 77.3 cm³/mol. The van der Waals surface area contributed by atoms with E-state index in [-0.39, 0.29) is 0 Å². The molecule has 1 heterocycles. The summed E-state index contributed by atoms with van der Waals surface area (Å²) < 4.78 is 5.81. The minimum atomic E-state index is 0.568. The van der Waals surface area contributed by atoms with Crippen LogP contribution < -0.4 is 5.32 Å². The predicted octanol–water partition coefficient (Wildman–Crippen LogP) is 4.41. The summed E-state index contributed by atoms with van der Waals surface area (Å²) in [7, 11) is 0. The molecule has 0 spiro atoms. The van der Waals surface area contributed by atoms with E-state index in [1.807, 2.05) is 18.2 Å². The molecule has 0 bridgehead atoms. The first-order chi connectivity index (χ1) is 8.74. The standard InChI is InChI=1S/C15H20ClNO/c1-3-12(17-4-2)8-9-13-10-11-6-5-7-14(16)15(11)18-13/h5-7,10,12,17H,3-4,8-9H2,1-2H3. The summed E-state index contributed by atoms with van der Waals surface area (Å²) in [5.74, 6) is 1.02. The number of para-hydroxylation sites is 1. The molecule has 3 heteroatoms. The third kappa shape index (κ3) is 3.06. The Hall–Kier alpha value is -0.990. The molecule has 0 aliphatic carbocycles. The van der Waals surface area contributed by atoms with Gasteiger partial charge in [-0.15, -0.1) is 0 Å². The van der Waals surface area contributed by atoms with E-state index in [9.17, 15) is 0 Å². The molecule has 18 heavy (non-hydrogen) atoms. The van der Waals surface area contributed by atoms with Gasteiger partial charge in [0.15, 0.2) is 5.58 Å². The smallest absolute Gasteiger partial charge is 0.152 e. The molecule has 2 aromatic rings. The van der Waals surface area contributed by atoms with Crippen molar-refractivity contribution in [1.29, 1.82) is 0 Å². The van der Waals surface area contributed by atoms with Crippen LogP contribution in [0.3, 0.4) is 0 Å². The zero-order valence-electron chi connectivity index (χ0n) is 11.0. The summed E-state index contributed by atoms with van der Waals surface area (Å²) in [6.45, 7) is 5.37. The number of nitrogens with one attached hydrogen (secondary N) is 1. The van der Waals surface area contributed by atoms with Crippen molar-refractivity contribution in [1.82, 2.24) is 5.32 Å². The second-order valence-corrected chi connectivity index (χ2v) is 4.98. The van der Waals surface area contributed by atoms with Crippen molar-refractivity contribution in [3.8, 4) is 0 Å². The minimum Gasteiger partial charge on any atom is -0.460 e. The molecule has 0 amide bonds. The topological polar surface area (TPSA) is 25.2 Å². The fraction of sp³-hybridized carbons (Fsp3) is 0.467. The van der Waals surface area contributed by atoms with E-state index in [0.29, 0.717) is 11.1 Å². The second kappa shape index (κ2) is 6.26. The van der Waals surface area contributed by atoms with E-state index >= 15 is 0 Å². The lowest BCUT2D eigenvalue weighted by atomic mass is 10.1. The first-order valence-corrected chi connectivity index (χ1v) is 7.02. The van der Waals surface area contributed by atoms with Crippen molar-refractivity contribution in [2.45, 2.75) is 39.2 Å². The Morgan fingerprint density at radius 1 is 1.33 bits per heavy atom. The highest BCUT2D eigenvalue weighted by Gasteiger charge is 2.09. The lowest BCUT2D eigenvalue weighted by molar-refractivity contribution is 0.452. The Labute approximate surface area is 113 Å². The molecule has 1 N–H and O–H groups in total. The fourth-order valence-electron chi connectivity index (χ4n) is 2.26. The molecule has 0 aliphatic rings. The lowest BCUT2D eigenvalue weighted by Gasteiger charge is -2.14. The number of halogens is 1. The van der Waals surface area contributed by atoms with Gasteiger partial charge in [0, 0.05) is 17.8 Å². The van der Waals surface area contributed by atoms with Gasteiger partial charge in [0.2, 0.25) is 0 Å². The van der Waals surface area contributed by atoms with E-state index < -0.39 is 0 Å². The lowest BCUT2D eigenvalue weighted by Crippen LogP contribution is -2.28. The van der Waals surface area contributed by atoms with Crippen molar-refractivity contribution in [2.75, 3.05) is 6.54 Å². The normalized spacial score (nSPS) is 13.1. The highest BCUT2D eigenvalue weighted by molar-refractivity contribution is 6.34. The zero-order chi connectivity index (χ0) is 13.0. The maximum absolute atomic E-state index is 6.10. The third-order valence-corrected chi connectivity index (χ3v) is 3.57. The quantitative estimate of drug-likeness (QED) is 0.837. The van der Waals surface area contributed by atoms with Crippen LogP contribution in [0.1, 0.15) is 32.4 Å². The average Bonchev–Trinajstić information content (AvgIpc) is 2.79. The Kier molecular flexibility index (Phi) is 4.67. The summed E-state index contributed by atoms with van der Waals surface area (Å²) in [5, 5.41) is 5.26. The van der Waals surface area contributed by atoms with Gasteiger partial charge in [-0.25, -0.2) is 0 Å². The van der Waals surface area contributed by atoms with Crippen LogP contribution in [0.2, 0.25) is 5.02 Å². The van der Waals surface area contributed by atoms with Crippen molar-refractivity contribution in [3.05, 3.63) is 35.0 Å². The van der Waals surface area contributed by atoms with Crippen LogP contribution >= 0.6 is 11.6 Å². The molecule has 0 fully saturated rings. The zero-order valence-corrected chi connectivity index (χ0v) is 11.8. The highest BCUT2D eigenvalue weighted by Crippen LogP contribution is 2.27. The molecule has 2 nitrogen and oxygen atoms in total. The molecule has 2 rings (SSSR count). The first kappa shape index (κ1) is 13.4. The molecule has 0 saturated carbocycles. The Balaban J connectivity index is 2.06. The van der Waals surface area contributed by atoms with Gasteiger partial charge < -0.3 is 9.73 Å². The number of hydrogen-bond donors (Lipinski definition) is 1. The van der Waals surface area contributed by atoms with Crippen LogP contribution in [0.25, 0.3) is 11.0 Å². The Bertz CT molecular complexity index is 506. The van der Waals surface area contributed by atoms with Gasteiger partial charge in [-0.3, -0.25) is 0 Å². The van der Waals surface area contributed by atoms with Gasteiger partial charge in [0.1, 0.15) is 5.76 Å². The van der Waals surface area contributed by atoms with Gasteiger partial charge in [0.05, 0.1) is 5.02 Å². The van der Waals surface area contributed by atoms with Crippen LogP contribution in [0.15, 0.2) is 28.7 Å². The van der Waals surface area contributed by atoms with Gasteiger partial charge in [-0.05, 0) is 31.5 Å². The molecule has 98 valence electrons. The van der Waals surface area contributed by atoms with Gasteiger partial charge >= 0.3 is 0 Å². The number of aryl methyl sites for hydroxylation is 1. The van der Waals surface area contributed by atoms with Crippen molar-refractivity contribution in [2.24, 2.45) is 0 Å². The average molecular weight is 266 g/mol. The maximum Gasteiger partial charge on any atom is 0.152 e. The van der Waals surface area contributed by atoms with Crippen molar-refractivity contribution in [3.63, 3.8) is 0 Å². The molecule has 1 aromatic carbocycles. The Morgan fingerprint density at radius 3 is 2.83 bits per heavy atom. The third-order valence-electron chi connectivity index (χ3n) is 3.27. The summed E-state index contributed by atoms with van der Waals surface area (Å²) in [6.07, 6.45) is 3.20. The molecule has 0 saturated heterocycles. The van der Waals surface area contributed by atoms with E-state index in [1.165, 1.54) is 0 Å². The maximum atomic E-state index is 6.10. The van der Waals surface area contributed by atoms with Crippen LogP contribution in [-0.4, -0.2) is 12.6 Å². The molecule has 1 unspecified atom stereocenters. The van der Waals surface area contributed by atoms with Gasteiger partial charge in [-0.2, -0.15) is 0 Å². The molecular formula is C15H20ClNO. The number of fused-ring (bicyclic) bond motifs is 1. The Morgan fingerprint density at radius 2 is 2.17 bits per heavy atom. The van der Waals surface area contributed by atoms with Crippen LogP contribution in [0.4, 0.5) is 0 Å². The van der Waals surface area contributed by atoms with E-state index in [1.54, 1.807) is 0 Å². The van der Waals surface area contributed by atoms with E-state index in [0.717, 1.165) is 42.5 Å². The van der Waals surface area contributed by atoms with Crippen molar-refractivity contribution >= 4 is 22.6 Å². The molecular weight excluding hydrogens is 246 g/mol. The highest BCUT2D eigenvalue weighted by atomic mass is 35.5. The fourth-order valence-corrected chi connectivity index (χ4v) is 2.48.